The standard InChI is InChI=1S/C20H12O3/c21-17-10-9-12-5-1-2-6-13(12)19(17)16-11-18(22)14-7-3-4-8-15(14)20(16)23/h1-11,21H. The Bertz CT molecular complexity index is 1010. The van der Waals surface area contributed by atoms with Gasteiger partial charge in [0.25, 0.3) is 0 Å². The minimum atomic E-state index is -0.244. The molecule has 0 heterocycles. The number of aromatic hydroxyl groups is 1. The zero-order chi connectivity index (χ0) is 16.0. The van der Waals surface area contributed by atoms with E-state index in [1.54, 1.807) is 36.4 Å². The first-order valence-electron chi connectivity index (χ1n) is 7.27. The Morgan fingerprint density at radius 3 is 2.26 bits per heavy atom. The van der Waals surface area contributed by atoms with Crippen molar-refractivity contribution < 1.29 is 14.7 Å². The molecule has 0 unspecified atom stereocenters. The number of rotatable bonds is 1. The number of phenols is 1. The molecule has 0 bridgehead atoms. The molecule has 0 saturated carbocycles. The van der Waals surface area contributed by atoms with Crippen molar-refractivity contribution >= 4 is 27.9 Å². The summed E-state index contributed by atoms with van der Waals surface area (Å²) in [6.45, 7) is 0. The highest BCUT2D eigenvalue weighted by atomic mass is 16.3. The fourth-order valence-corrected chi connectivity index (χ4v) is 3.04. The summed E-state index contributed by atoms with van der Waals surface area (Å²) in [6.07, 6.45) is 1.33. The van der Waals surface area contributed by atoms with Crippen LogP contribution in [0.15, 0.2) is 66.7 Å². The molecule has 0 atom stereocenters. The van der Waals surface area contributed by atoms with Crippen molar-refractivity contribution in [3.63, 3.8) is 0 Å². The van der Waals surface area contributed by atoms with Gasteiger partial charge in [-0.25, -0.2) is 0 Å². The topological polar surface area (TPSA) is 54.4 Å². The van der Waals surface area contributed by atoms with Gasteiger partial charge in [-0.1, -0.05) is 54.6 Å². The molecule has 4 rings (SSSR count). The lowest BCUT2D eigenvalue weighted by Crippen LogP contribution is -2.16. The molecule has 0 aromatic heterocycles. The van der Waals surface area contributed by atoms with Gasteiger partial charge >= 0.3 is 0 Å². The monoisotopic (exact) mass is 300 g/mol. The molecule has 110 valence electrons. The molecule has 0 saturated heterocycles. The molecule has 0 aliphatic heterocycles. The Balaban J connectivity index is 2.01. The smallest absolute Gasteiger partial charge is 0.194 e. The van der Waals surface area contributed by atoms with Crippen molar-refractivity contribution in [3.8, 4) is 5.75 Å². The van der Waals surface area contributed by atoms with Crippen LogP contribution in [0, 0.1) is 0 Å². The van der Waals surface area contributed by atoms with E-state index >= 15 is 0 Å². The first-order valence-corrected chi connectivity index (χ1v) is 7.27. The van der Waals surface area contributed by atoms with Crippen molar-refractivity contribution in [3.05, 3.63) is 83.4 Å². The fourth-order valence-electron chi connectivity index (χ4n) is 3.04. The van der Waals surface area contributed by atoms with Crippen LogP contribution in [0.4, 0.5) is 0 Å². The summed E-state index contributed by atoms with van der Waals surface area (Å²) in [5, 5.41) is 12.0. The van der Waals surface area contributed by atoms with Crippen molar-refractivity contribution in [2.45, 2.75) is 0 Å². The number of carbonyl (C=O) groups is 2. The van der Waals surface area contributed by atoms with Crippen LogP contribution in [-0.2, 0) is 0 Å². The molecule has 0 spiro atoms. The maximum atomic E-state index is 12.8. The predicted molar refractivity (Wildman–Crippen MR) is 88.7 cm³/mol. The van der Waals surface area contributed by atoms with Crippen LogP contribution in [0.1, 0.15) is 26.3 Å². The molecular weight excluding hydrogens is 288 g/mol. The Morgan fingerprint density at radius 1 is 0.739 bits per heavy atom. The highest BCUT2D eigenvalue weighted by molar-refractivity contribution is 6.40. The number of phenolic OH excluding ortho intramolecular Hbond substituents is 1. The molecule has 0 amide bonds. The van der Waals surface area contributed by atoms with Crippen molar-refractivity contribution in [1.29, 1.82) is 0 Å². The maximum Gasteiger partial charge on any atom is 0.194 e. The molecule has 3 heteroatoms. The van der Waals surface area contributed by atoms with Crippen molar-refractivity contribution in [1.82, 2.24) is 0 Å². The molecule has 3 nitrogen and oxygen atoms in total. The summed E-state index contributed by atoms with van der Waals surface area (Å²) in [4.78, 5) is 25.2. The molecule has 0 fully saturated rings. The average molecular weight is 300 g/mol. The minimum absolute atomic E-state index is 0.00418. The van der Waals surface area contributed by atoms with Gasteiger partial charge in [0.15, 0.2) is 11.6 Å². The Hall–Kier alpha value is -3.20. The van der Waals surface area contributed by atoms with Crippen molar-refractivity contribution in [2.24, 2.45) is 0 Å². The number of benzene rings is 3. The summed E-state index contributed by atoms with van der Waals surface area (Å²) in [5.74, 6) is -0.468. The fraction of sp³-hybridized carbons (Fsp3) is 0. The van der Waals surface area contributed by atoms with Crippen LogP contribution in [0.2, 0.25) is 0 Å². The SMILES string of the molecule is O=C1C=C(c2c(O)ccc3ccccc23)C(=O)c2ccccc21. The average Bonchev–Trinajstić information content (AvgIpc) is 2.58. The quantitative estimate of drug-likeness (QED) is 0.739. The third-order valence-electron chi connectivity index (χ3n) is 4.13. The number of allylic oxidation sites excluding steroid dienone is 2. The number of carbonyl (C=O) groups excluding carboxylic acids is 2. The van der Waals surface area contributed by atoms with Gasteiger partial charge in [0.1, 0.15) is 5.75 Å². The van der Waals surface area contributed by atoms with E-state index in [4.69, 9.17) is 0 Å². The van der Waals surface area contributed by atoms with E-state index in [1.807, 2.05) is 24.3 Å². The number of hydrogen-bond acceptors (Lipinski definition) is 3. The summed E-state index contributed by atoms with van der Waals surface area (Å²) in [6, 6.07) is 17.6. The van der Waals surface area contributed by atoms with Gasteiger partial charge in [-0.3, -0.25) is 9.59 Å². The molecule has 0 radical (unpaired) electrons. The van der Waals surface area contributed by atoms with E-state index in [-0.39, 0.29) is 22.9 Å². The summed E-state index contributed by atoms with van der Waals surface area (Å²) >= 11 is 0. The summed E-state index contributed by atoms with van der Waals surface area (Å²) < 4.78 is 0. The third-order valence-corrected chi connectivity index (χ3v) is 4.13. The van der Waals surface area contributed by atoms with Crippen LogP contribution in [0.25, 0.3) is 16.3 Å². The van der Waals surface area contributed by atoms with Gasteiger partial charge in [-0.15, -0.1) is 0 Å². The molecule has 1 aliphatic carbocycles. The Kier molecular flexibility index (Phi) is 2.88. The first-order chi connectivity index (χ1) is 11.2. The highest BCUT2D eigenvalue weighted by Crippen LogP contribution is 2.37. The van der Waals surface area contributed by atoms with Gasteiger partial charge in [-0.05, 0) is 22.9 Å². The van der Waals surface area contributed by atoms with E-state index in [0.29, 0.717) is 16.7 Å². The predicted octanol–water partition coefficient (Wildman–Crippen LogP) is 4.01. The van der Waals surface area contributed by atoms with Gasteiger partial charge in [0.2, 0.25) is 0 Å². The van der Waals surface area contributed by atoms with Crippen LogP contribution in [-0.4, -0.2) is 16.7 Å². The lowest BCUT2D eigenvalue weighted by Gasteiger charge is -2.17. The number of ketones is 2. The Morgan fingerprint density at radius 2 is 1.43 bits per heavy atom. The summed E-state index contributed by atoms with van der Waals surface area (Å²) in [5.41, 5.74) is 1.43. The second kappa shape index (κ2) is 4.92. The number of hydrogen-bond donors (Lipinski definition) is 1. The molecule has 3 aromatic rings. The molecule has 23 heavy (non-hydrogen) atoms. The van der Waals surface area contributed by atoms with Gasteiger partial charge in [0.05, 0.1) is 0 Å². The van der Waals surface area contributed by atoms with Crippen LogP contribution < -0.4 is 0 Å². The lowest BCUT2D eigenvalue weighted by atomic mass is 9.84. The lowest BCUT2D eigenvalue weighted by molar-refractivity contribution is 0.100. The van der Waals surface area contributed by atoms with E-state index in [2.05, 4.69) is 0 Å². The first kappa shape index (κ1) is 13.5. The van der Waals surface area contributed by atoms with Crippen LogP contribution >= 0.6 is 0 Å². The third kappa shape index (κ3) is 1.98. The molecular formula is C20H12O3. The molecule has 1 aliphatic rings. The normalized spacial score (nSPS) is 13.8. The zero-order valence-corrected chi connectivity index (χ0v) is 12.1. The van der Waals surface area contributed by atoms with Crippen molar-refractivity contribution in [2.75, 3.05) is 0 Å². The number of Topliss-reactive ketones (excluding diaryl/α,β-unsaturated/α-hetero) is 1. The van der Waals surface area contributed by atoms with Gasteiger partial charge in [-0.2, -0.15) is 0 Å². The van der Waals surface area contributed by atoms with Gasteiger partial charge in [0, 0.05) is 22.3 Å². The van der Waals surface area contributed by atoms with E-state index in [0.717, 1.165) is 10.8 Å². The minimum Gasteiger partial charge on any atom is -0.507 e. The number of fused-ring (bicyclic) bond motifs is 2. The highest BCUT2D eigenvalue weighted by Gasteiger charge is 2.28. The second-order valence-corrected chi connectivity index (χ2v) is 5.48. The van der Waals surface area contributed by atoms with E-state index < -0.39 is 0 Å². The maximum absolute atomic E-state index is 12.8. The molecule has 1 N–H and O–H groups in total. The van der Waals surface area contributed by atoms with Crippen LogP contribution in [0.5, 0.6) is 5.75 Å². The molecule has 3 aromatic carbocycles. The Labute approximate surface area is 132 Å². The zero-order valence-electron chi connectivity index (χ0n) is 12.1. The van der Waals surface area contributed by atoms with Crippen LogP contribution in [0.3, 0.4) is 0 Å². The summed E-state index contributed by atoms with van der Waals surface area (Å²) in [7, 11) is 0. The van der Waals surface area contributed by atoms with E-state index in [9.17, 15) is 14.7 Å². The van der Waals surface area contributed by atoms with E-state index in [1.165, 1.54) is 6.08 Å². The largest absolute Gasteiger partial charge is 0.507 e. The second-order valence-electron chi connectivity index (χ2n) is 5.48. The van der Waals surface area contributed by atoms with Gasteiger partial charge < -0.3 is 5.11 Å².